The van der Waals surface area contributed by atoms with Gasteiger partial charge < -0.3 is 4.42 Å². The van der Waals surface area contributed by atoms with Crippen LogP contribution in [0.5, 0.6) is 0 Å². The largest absolute Gasteiger partial charge is 0.403 e. The maximum absolute atomic E-state index is 12.3. The third kappa shape index (κ3) is 3.31. The van der Waals surface area contributed by atoms with Crippen molar-refractivity contribution in [2.24, 2.45) is 0 Å². The molecule has 0 spiro atoms. The van der Waals surface area contributed by atoms with Crippen molar-refractivity contribution < 1.29 is 9.21 Å². The molecule has 0 aliphatic heterocycles. The Hall–Kier alpha value is -2.48. The molecule has 0 bridgehead atoms. The second kappa shape index (κ2) is 6.33. The zero-order valence-electron chi connectivity index (χ0n) is 12.5. The van der Waals surface area contributed by atoms with Crippen molar-refractivity contribution in [3.8, 4) is 11.5 Å². The molecule has 2 heterocycles. The minimum absolute atomic E-state index is 0.0430. The Morgan fingerprint density at radius 3 is 2.87 bits per heavy atom. The number of carbonyl (C=O) groups excluding carboxylic acids is 1. The van der Waals surface area contributed by atoms with Crippen molar-refractivity contribution in [3.05, 3.63) is 46.7 Å². The van der Waals surface area contributed by atoms with Crippen LogP contribution in [0, 0.1) is 0 Å². The highest BCUT2D eigenvalue weighted by Gasteiger charge is 2.17. The van der Waals surface area contributed by atoms with E-state index in [4.69, 9.17) is 4.42 Å². The molecule has 0 saturated carbocycles. The zero-order valence-corrected chi connectivity index (χ0v) is 14.1. The van der Waals surface area contributed by atoms with E-state index in [-0.39, 0.29) is 18.0 Å². The third-order valence-corrected chi connectivity index (χ3v) is 3.60. The van der Waals surface area contributed by atoms with E-state index in [2.05, 4.69) is 36.5 Å². The molecular weight excluding hydrogens is 362 g/mol. The van der Waals surface area contributed by atoms with Crippen LogP contribution in [0.1, 0.15) is 30.4 Å². The molecule has 118 valence electrons. The lowest BCUT2D eigenvalue weighted by molar-refractivity contribution is 0.101. The number of hydrogen-bond acceptors (Lipinski definition) is 5. The summed E-state index contributed by atoms with van der Waals surface area (Å²) in [5.74, 6) is -0.0143. The summed E-state index contributed by atoms with van der Waals surface area (Å²) >= 11 is 3.38. The van der Waals surface area contributed by atoms with E-state index in [1.54, 1.807) is 16.9 Å². The van der Waals surface area contributed by atoms with Gasteiger partial charge in [-0.25, -0.2) is 0 Å². The van der Waals surface area contributed by atoms with Crippen LogP contribution in [0.4, 0.5) is 6.01 Å². The van der Waals surface area contributed by atoms with Crippen LogP contribution in [0.25, 0.3) is 11.5 Å². The monoisotopic (exact) mass is 375 g/mol. The minimum atomic E-state index is -0.347. The number of nitrogens with zero attached hydrogens (tertiary/aromatic N) is 4. The van der Waals surface area contributed by atoms with E-state index in [9.17, 15) is 4.79 Å². The molecular formula is C15H14BrN5O2. The lowest BCUT2D eigenvalue weighted by Gasteiger charge is -2.09. The molecule has 1 amide bonds. The Morgan fingerprint density at radius 1 is 1.30 bits per heavy atom. The lowest BCUT2D eigenvalue weighted by atomic mass is 10.2. The Morgan fingerprint density at radius 2 is 2.13 bits per heavy atom. The van der Waals surface area contributed by atoms with E-state index < -0.39 is 0 Å². The topological polar surface area (TPSA) is 85.8 Å². The molecule has 0 radical (unpaired) electrons. The van der Waals surface area contributed by atoms with Crippen LogP contribution in [-0.4, -0.2) is 25.9 Å². The average molecular weight is 376 g/mol. The van der Waals surface area contributed by atoms with Gasteiger partial charge in [-0.1, -0.05) is 27.1 Å². The van der Waals surface area contributed by atoms with Gasteiger partial charge in [-0.3, -0.25) is 14.8 Å². The summed E-state index contributed by atoms with van der Waals surface area (Å²) in [5, 5.41) is 14.5. The van der Waals surface area contributed by atoms with E-state index in [0.717, 1.165) is 10.0 Å². The van der Waals surface area contributed by atoms with E-state index in [0.29, 0.717) is 11.6 Å². The van der Waals surface area contributed by atoms with Gasteiger partial charge in [0.15, 0.2) is 0 Å². The number of amides is 1. The van der Waals surface area contributed by atoms with Crippen LogP contribution in [-0.2, 0) is 0 Å². The first-order valence-electron chi connectivity index (χ1n) is 6.99. The summed E-state index contributed by atoms with van der Waals surface area (Å²) < 4.78 is 8.02. The van der Waals surface area contributed by atoms with Gasteiger partial charge >= 0.3 is 6.01 Å². The predicted molar refractivity (Wildman–Crippen MR) is 88.0 cm³/mol. The van der Waals surface area contributed by atoms with Gasteiger partial charge in [0.2, 0.25) is 5.89 Å². The van der Waals surface area contributed by atoms with Gasteiger partial charge in [-0.05, 0) is 38.1 Å². The molecule has 23 heavy (non-hydrogen) atoms. The Balaban J connectivity index is 1.79. The number of hydrogen-bond donors (Lipinski definition) is 1. The SMILES string of the molecule is CC(C)n1nccc1C(=O)Nc1nnc(-c2cccc(Br)c2)o1. The van der Waals surface area contributed by atoms with Crippen LogP contribution in [0.15, 0.2) is 45.4 Å². The van der Waals surface area contributed by atoms with E-state index >= 15 is 0 Å². The number of nitrogens with one attached hydrogen (secondary N) is 1. The molecule has 1 aromatic carbocycles. The highest BCUT2D eigenvalue weighted by atomic mass is 79.9. The zero-order chi connectivity index (χ0) is 16.4. The van der Waals surface area contributed by atoms with Crippen molar-refractivity contribution >= 4 is 27.9 Å². The first-order valence-corrected chi connectivity index (χ1v) is 7.78. The van der Waals surface area contributed by atoms with E-state index in [1.807, 2.05) is 38.1 Å². The normalized spacial score (nSPS) is 11.0. The van der Waals surface area contributed by atoms with Gasteiger partial charge in [0, 0.05) is 22.3 Å². The molecule has 2 aromatic heterocycles. The average Bonchev–Trinajstić information content (AvgIpc) is 3.16. The summed E-state index contributed by atoms with van der Waals surface area (Å²) in [7, 11) is 0. The van der Waals surface area contributed by atoms with Crippen molar-refractivity contribution in [3.63, 3.8) is 0 Å². The fourth-order valence-corrected chi connectivity index (χ4v) is 2.48. The molecule has 0 saturated heterocycles. The summed E-state index contributed by atoms with van der Waals surface area (Å²) in [6, 6.07) is 9.22. The van der Waals surface area contributed by atoms with Crippen molar-refractivity contribution in [1.82, 2.24) is 20.0 Å². The lowest BCUT2D eigenvalue weighted by Crippen LogP contribution is -2.19. The molecule has 7 nitrogen and oxygen atoms in total. The summed E-state index contributed by atoms with van der Waals surface area (Å²) in [6.07, 6.45) is 1.58. The number of benzene rings is 1. The van der Waals surface area contributed by atoms with Gasteiger partial charge in [-0.15, -0.1) is 5.10 Å². The van der Waals surface area contributed by atoms with Crippen molar-refractivity contribution in [2.45, 2.75) is 19.9 Å². The van der Waals surface area contributed by atoms with Gasteiger partial charge in [-0.2, -0.15) is 5.10 Å². The third-order valence-electron chi connectivity index (χ3n) is 3.11. The smallest absolute Gasteiger partial charge is 0.322 e. The molecule has 0 fully saturated rings. The minimum Gasteiger partial charge on any atom is -0.403 e. The highest BCUT2D eigenvalue weighted by molar-refractivity contribution is 9.10. The summed E-state index contributed by atoms with van der Waals surface area (Å²) in [6.45, 7) is 3.89. The molecule has 0 atom stereocenters. The summed E-state index contributed by atoms with van der Waals surface area (Å²) in [5.41, 5.74) is 1.20. The second-order valence-electron chi connectivity index (χ2n) is 5.13. The summed E-state index contributed by atoms with van der Waals surface area (Å²) in [4.78, 5) is 12.3. The first-order chi connectivity index (χ1) is 11.0. The highest BCUT2D eigenvalue weighted by Crippen LogP contribution is 2.23. The molecule has 1 N–H and O–H groups in total. The van der Waals surface area contributed by atoms with Gasteiger partial charge in [0.1, 0.15) is 5.69 Å². The van der Waals surface area contributed by atoms with Crippen molar-refractivity contribution in [2.75, 3.05) is 5.32 Å². The maximum Gasteiger partial charge on any atom is 0.322 e. The quantitative estimate of drug-likeness (QED) is 0.753. The maximum atomic E-state index is 12.3. The second-order valence-corrected chi connectivity index (χ2v) is 6.05. The number of carbonyl (C=O) groups is 1. The predicted octanol–water partition coefficient (Wildman–Crippen LogP) is 3.53. The Labute approximate surface area is 140 Å². The fraction of sp³-hybridized carbons (Fsp3) is 0.200. The van der Waals surface area contributed by atoms with Crippen LogP contribution < -0.4 is 5.32 Å². The van der Waals surface area contributed by atoms with Gasteiger partial charge in [0.25, 0.3) is 5.91 Å². The molecule has 0 aliphatic rings. The molecule has 3 aromatic rings. The molecule has 0 aliphatic carbocycles. The number of rotatable bonds is 4. The van der Waals surface area contributed by atoms with Crippen LogP contribution in [0.2, 0.25) is 0 Å². The molecule has 8 heteroatoms. The number of halogens is 1. The standard InChI is InChI=1S/C15H14BrN5O2/c1-9(2)21-12(6-7-17-21)13(22)18-15-20-19-14(23-15)10-4-3-5-11(16)8-10/h3-9H,1-2H3,(H,18,20,22). The fourth-order valence-electron chi connectivity index (χ4n) is 2.08. The van der Waals surface area contributed by atoms with Gasteiger partial charge in [0.05, 0.1) is 0 Å². The number of anilines is 1. The molecule has 0 unspecified atom stereocenters. The van der Waals surface area contributed by atoms with E-state index in [1.165, 1.54) is 0 Å². The number of aromatic nitrogens is 4. The van der Waals surface area contributed by atoms with Crippen molar-refractivity contribution in [1.29, 1.82) is 0 Å². The van der Waals surface area contributed by atoms with Crippen LogP contribution >= 0.6 is 15.9 Å². The Kier molecular flexibility index (Phi) is 4.24. The Bertz CT molecular complexity index is 840. The van der Waals surface area contributed by atoms with Crippen LogP contribution in [0.3, 0.4) is 0 Å². The first kappa shape index (κ1) is 15.4. The molecule has 3 rings (SSSR count).